The Morgan fingerprint density at radius 3 is 2.75 bits per heavy atom. The molecule has 106 valence electrons. The van der Waals surface area contributed by atoms with Gasteiger partial charge in [-0.2, -0.15) is 5.26 Å². The molecule has 0 bridgehead atoms. The first-order chi connectivity index (χ1) is 9.51. The van der Waals surface area contributed by atoms with Gasteiger partial charge in [-0.1, -0.05) is 12.1 Å². The van der Waals surface area contributed by atoms with Crippen molar-refractivity contribution < 1.29 is 0 Å². The van der Waals surface area contributed by atoms with E-state index in [-0.39, 0.29) is 5.54 Å². The Bertz CT molecular complexity index is 611. The van der Waals surface area contributed by atoms with Crippen molar-refractivity contribution >= 4 is 10.9 Å². The third kappa shape index (κ3) is 3.61. The number of nitrogens with zero attached hydrogens (tertiary/aromatic N) is 2. The Balaban J connectivity index is 2.19. The summed E-state index contributed by atoms with van der Waals surface area (Å²) in [6, 6.07) is 10.8. The molecule has 0 saturated carbocycles. The lowest BCUT2D eigenvalue weighted by Gasteiger charge is -2.21. The first kappa shape index (κ1) is 14.6. The minimum atomic E-state index is 0.123. The molecule has 3 nitrogen and oxygen atoms in total. The fourth-order valence-corrected chi connectivity index (χ4v) is 2.33. The van der Waals surface area contributed by atoms with E-state index in [2.05, 4.69) is 67.2 Å². The van der Waals surface area contributed by atoms with Crippen molar-refractivity contribution in [3.05, 3.63) is 36.0 Å². The van der Waals surface area contributed by atoms with Gasteiger partial charge in [-0.25, -0.2) is 0 Å². The van der Waals surface area contributed by atoms with E-state index in [1.54, 1.807) is 0 Å². The Morgan fingerprint density at radius 2 is 2.05 bits per heavy atom. The highest BCUT2D eigenvalue weighted by atomic mass is 15.0. The Kier molecular flexibility index (Phi) is 4.46. The number of hydrogen-bond acceptors (Lipinski definition) is 2. The normalized spacial score (nSPS) is 11.7. The molecule has 0 atom stereocenters. The molecule has 0 aliphatic rings. The molecule has 0 aliphatic heterocycles. The van der Waals surface area contributed by atoms with Gasteiger partial charge in [0.05, 0.1) is 6.07 Å². The van der Waals surface area contributed by atoms with E-state index in [4.69, 9.17) is 5.26 Å². The highest BCUT2D eigenvalue weighted by molar-refractivity contribution is 5.83. The van der Waals surface area contributed by atoms with Crippen LogP contribution < -0.4 is 5.32 Å². The molecule has 0 saturated heterocycles. The molecule has 0 aliphatic carbocycles. The lowest BCUT2D eigenvalue weighted by atomic mass is 10.1. The summed E-state index contributed by atoms with van der Waals surface area (Å²) in [6.07, 6.45) is 3.65. The Morgan fingerprint density at radius 1 is 1.25 bits per heavy atom. The number of unbranched alkanes of at least 4 members (excludes halogenated alkanes) is 1. The molecule has 2 rings (SSSR count). The molecule has 3 heteroatoms. The Labute approximate surface area is 121 Å². The van der Waals surface area contributed by atoms with Gasteiger partial charge in [0.1, 0.15) is 0 Å². The van der Waals surface area contributed by atoms with Gasteiger partial charge in [0.2, 0.25) is 0 Å². The summed E-state index contributed by atoms with van der Waals surface area (Å²) in [6.45, 7) is 8.33. The summed E-state index contributed by atoms with van der Waals surface area (Å²) in [5.41, 5.74) is 2.71. The van der Waals surface area contributed by atoms with E-state index < -0.39 is 0 Å². The van der Waals surface area contributed by atoms with E-state index >= 15 is 0 Å². The van der Waals surface area contributed by atoms with Crippen molar-refractivity contribution in [2.24, 2.45) is 0 Å². The predicted octanol–water partition coefficient (Wildman–Crippen LogP) is 3.83. The topological polar surface area (TPSA) is 40.8 Å². The SMILES string of the molecule is CC(C)(C)NCc1cccc2c1ccn2CCCC#N. The van der Waals surface area contributed by atoms with Crippen LogP contribution in [0.1, 0.15) is 39.2 Å². The molecule has 0 amide bonds. The summed E-state index contributed by atoms with van der Waals surface area (Å²) >= 11 is 0. The predicted molar refractivity (Wildman–Crippen MR) is 83.4 cm³/mol. The molecule has 0 spiro atoms. The molecule has 1 N–H and O–H groups in total. The summed E-state index contributed by atoms with van der Waals surface area (Å²) in [5, 5.41) is 13.5. The van der Waals surface area contributed by atoms with Gasteiger partial charge in [-0.05, 0) is 44.9 Å². The van der Waals surface area contributed by atoms with Crippen molar-refractivity contribution in [1.29, 1.82) is 5.26 Å². The van der Waals surface area contributed by atoms with Crippen LogP contribution in [0.15, 0.2) is 30.5 Å². The average molecular weight is 269 g/mol. The van der Waals surface area contributed by atoms with Gasteiger partial charge in [0.15, 0.2) is 0 Å². The summed E-state index contributed by atoms with van der Waals surface area (Å²) in [7, 11) is 0. The van der Waals surface area contributed by atoms with Crippen LogP contribution in [0.25, 0.3) is 10.9 Å². The number of nitrogens with one attached hydrogen (secondary N) is 1. The molecule has 20 heavy (non-hydrogen) atoms. The zero-order valence-corrected chi connectivity index (χ0v) is 12.6. The standard InChI is InChI=1S/C17H23N3/c1-17(2,3)19-13-14-7-6-8-16-15(14)9-12-20(16)11-5-4-10-18/h6-9,12,19H,4-5,11,13H2,1-3H3. The van der Waals surface area contributed by atoms with Crippen LogP contribution in [0, 0.1) is 11.3 Å². The maximum Gasteiger partial charge on any atom is 0.0622 e. The van der Waals surface area contributed by atoms with Crippen molar-refractivity contribution in [2.45, 2.75) is 52.2 Å². The van der Waals surface area contributed by atoms with E-state index in [0.29, 0.717) is 6.42 Å². The molecule has 2 aromatic rings. The number of aromatic nitrogens is 1. The summed E-state index contributed by atoms with van der Waals surface area (Å²) in [5.74, 6) is 0. The average Bonchev–Trinajstić information content (AvgIpc) is 2.80. The number of nitriles is 1. The largest absolute Gasteiger partial charge is 0.347 e. The maximum atomic E-state index is 8.63. The van der Waals surface area contributed by atoms with Crippen LogP contribution in [0.4, 0.5) is 0 Å². The van der Waals surface area contributed by atoms with Crippen molar-refractivity contribution in [3.63, 3.8) is 0 Å². The van der Waals surface area contributed by atoms with Gasteiger partial charge in [-0.15, -0.1) is 0 Å². The molecular formula is C17H23N3. The first-order valence-electron chi connectivity index (χ1n) is 7.20. The number of fused-ring (bicyclic) bond motifs is 1. The highest BCUT2D eigenvalue weighted by Crippen LogP contribution is 2.21. The Hall–Kier alpha value is -1.79. The van der Waals surface area contributed by atoms with Crippen molar-refractivity contribution in [1.82, 2.24) is 9.88 Å². The minimum Gasteiger partial charge on any atom is -0.347 e. The number of hydrogen-bond donors (Lipinski definition) is 1. The van der Waals surface area contributed by atoms with Gasteiger partial charge in [0, 0.05) is 42.1 Å². The van der Waals surface area contributed by atoms with Gasteiger partial charge >= 0.3 is 0 Å². The molecule has 0 radical (unpaired) electrons. The molecule has 1 heterocycles. The monoisotopic (exact) mass is 269 g/mol. The van der Waals surface area contributed by atoms with Crippen LogP contribution in [0.5, 0.6) is 0 Å². The summed E-state index contributed by atoms with van der Waals surface area (Å²) < 4.78 is 2.24. The van der Waals surface area contributed by atoms with Crippen LogP contribution in [0.2, 0.25) is 0 Å². The minimum absolute atomic E-state index is 0.123. The van der Waals surface area contributed by atoms with Crippen LogP contribution >= 0.6 is 0 Å². The van der Waals surface area contributed by atoms with E-state index in [1.807, 2.05) is 0 Å². The van der Waals surface area contributed by atoms with Crippen LogP contribution in [0.3, 0.4) is 0 Å². The third-order valence-corrected chi connectivity index (χ3v) is 3.40. The van der Waals surface area contributed by atoms with Crippen molar-refractivity contribution in [3.8, 4) is 6.07 Å². The van der Waals surface area contributed by atoms with E-state index in [1.165, 1.54) is 16.5 Å². The zero-order chi connectivity index (χ0) is 14.6. The summed E-state index contributed by atoms with van der Waals surface area (Å²) in [4.78, 5) is 0. The molecule has 1 aromatic heterocycles. The maximum absolute atomic E-state index is 8.63. The number of rotatable bonds is 5. The van der Waals surface area contributed by atoms with E-state index in [9.17, 15) is 0 Å². The van der Waals surface area contributed by atoms with E-state index in [0.717, 1.165) is 19.5 Å². The van der Waals surface area contributed by atoms with Crippen LogP contribution in [-0.4, -0.2) is 10.1 Å². The number of benzene rings is 1. The van der Waals surface area contributed by atoms with Gasteiger partial charge in [0.25, 0.3) is 0 Å². The second-order valence-electron chi connectivity index (χ2n) is 6.22. The number of aryl methyl sites for hydroxylation is 1. The van der Waals surface area contributed by atoms with Gasteiger partial charge < -0.3 is 9.88 Å². The molecular weight excluding hydrogens is 246 g/mol. The second-order valence-corrected chi connectivity index (χ2v) is 6.22. The molecule has 0 unspecified atom stereocenters. The van der Waals surface area contributed by atoms with Crippen molar-refractivity contribution in [2.75, 3.05) is 0 Å². The van der Waals surface area contributed by atoms with Gasteiger partial charge in [-0.3, -0.25) is 0 Å². The lowest BCUT2D eigenvalue weighted by molar-refractivity contribution is 0.425. The fourth-order valence-electron chi connectivity index (χ4n) is 2.33. The second kappa shape index (κ2) is 6.11. The quantitative estimate of drug-likeness (QED) is 0.838. The smallest absolute Gasteiger partial charge is 0.0622 e. The highest BCUT2D eigenvalue weighted by Gasteiger charge is 2.10. The lowest BCUT2D eigenvalue weighted by Crippen LogP contribution is -2.35. The molecule has 1 aromatic carbocycles. The zero-order valence-electron chi connectivity index (χ0n) is 12.6. The first-order valence-corrected chi connectivity index (χ1v) is 7.20. The fraction of sp³-hybridized carbons (Fsp3) is 0.471. The third-order valence-electron chi connectivity index (χ3n) is 3.40. The molecule has 0 fully saturated rings. The van der Waals surface area contributed by atoms with Crippen LogP contribution in [-0.2, 0) is 13.1 Å².